The second-order valence-electron chi connectivity index (χ2n) is 2.73. The summed E-state index contributed by atoms with van der Waals surface area (Å²) in [4.78, 5) is 3.89. The van der Waals surface area contributed by atoms with E-state index < -0.39 is 0 Å². The van der Waals surface area contributed by atoms with Crippen LogP contribution < -0.4 is 11.5 Å². The molecule has 0 fully saturated rings. The molecule has 0 atom stereocenters. The molecule has 0 saturated carbocycles. The SMILES string of the molecule is CC.CC.CN=Cc1cc(N)cc(C)c1N. The number of benzene rings is 1. The second-order valence-corrected chi connectivity index (χ2v) is 2.73. The van der Waals surface area contributed by atoms with Crippen molar-refractivity contribution in [2.45, 2.75) is 34.6 Å². The first-order valence-corrected chi connectivity index (χ1v) is 5.73. The summed E-state index contributed by atoms with van der Waals surface area (Å²) in [5.41, 5.74) is 14.8. The van der Waals surface area contributed by atoms with E-state index in [2.05, 4.69) is 4.99 Å². The Labute approximate surface area is 99.6 Å². The molecular formula is C13H25N3. The van der Waals surface area contributed by atoms with Crippen LogP contribution in [-0.2, 0) is 0 Å². The largest absolute Gasteiger partial charge is 0.399 e. The van der Waals surface area contributed by atoms with E-state index in [4.69, 9.17) is 11.5 Å². The van der Waals surface area contributed by atoms with Crippen LogP contribution in [0.4, 0.5) is 11.4 Å². The maximum atomic E-state index is 5.79. The van der Waals surface area contributed by atoms with Gasteiger partial charge in [0, 0.05) is 30.2 Å². The zero-order chi connectivity index (χ0) is 13.1. The van der Waals surface area contributed by atoms with Gasteiger partial charge in [0.05, 0.1) is 0 Å². The van der Waals surface area contributed by atoms with Gasteiger partial charge in [0.2, 0.25) is 0 Å². The lowest BCUT2D eigenvalue weighted by atomic mass is 10.1. The van der Waals surface area contributed by atoms with Crippen LogP contribution in [0.3, 0.4) is 0 Å². The highest BCUT2D eigenvalue weighted by Crippen LogP contribution is 2.19. The molecule has 0 amide bonds. The fraction of sp³-hybridized carbons (Fsp3) is 0.462. The molecule has 0 spiro atoms. The van der Waals surface area contributed by atoms with Crippen LogP contribution in [0.2, 0.25) is 0 Å². The summed E-state index contributed by atoms with van der Waals surface area (Å²) in [6, 6.07) is 3.66. The van der Waals surface area contributed by atoms with Gasteiger partial charge in [-0.3, -0.25) is 4.99 Å². The first-order valence-electron chi connectivity index (χ1n) is 5.73. The van der Waals surface area contributed by atoms with Gasteiger partial charge in [-0.05, 0) is 24.6 Å². The predicted octanol–water partition coefficient (Wildman–Crippen LogP) is 3.26. The number of hydrogen-bond acceptors (Lipinski definition) is 3. The zero-order valence-electron chi connectivity index (χ0n) is 11.3. The number of hydrogen-bond donors (Lipinski definition) is 2. The normalized spacial score (nSPS) is 8.88. The maximum Gasteiger partial charge on any atom is 0.0434 e. The van der Waals surface area contributed by atoms with Gasteiger partial charge in [0.1, 0.15) is 0 Å². The molecule has 1 aromatic rings. The standard InChI is InChI=1S/C9H13N3.2C2H6/c1-6-3-8(10)4-7(5-12-2)9(6)11;2*1-2/h3-5H,10-11H2,1-2H3;2*1-2H3. The first-order chi connectivity index (χ1) is 7.65. The van der Waals surface area contributed by atoms with Gasteiger partial charge < -0.3 is 11.5 Å². The fourth-order valence-corrected chi connectivity index (χ4v) is 1.10. The van der Waals surface area contributed by atoms with E-state index in [0.29, 0.717) is 0 Å². The van der Waals surface area contributed by atoms with Crippen LogP contribution in [-0.4, -0.2) is 13.3 Å². The molecule has 0 aliphatic heterocycles. The summed E-state index contributed by atoms with van der Waals surface area (Å²) in [6.45, 7) is 9.93. The predicted molar refractivity (Wildman–Crippen MR) is 76.2 cm³/mol. The third kappa shape index (κ3) is 5.39. The Kier molecular flexibility index (Phi) is 10.6. The van der Waals surface area contributed by atoms with Crippen molar-refractivity contribution in [3.8, 4) is 0 Å². The molecule has 16 heavy (non-hydrogen) atoms. The second kappa shape index (κ2) is 10.0. The zero-order valence-corrected chi connectivity index (χ0v) is 11.3. The molecule has 3 heteroatoms. The molecule has 0 aromatic heterocycles. The Morgan fingerprint density at radius 1 is 1.06 bits per heavy atom. The Morgan fingerprint density at radius 3 is 2.00 bits per heavy atom. The van der Waals surface area contributed by atoms with Crippen LogP contribution in [0.25, 0.3) is 0 Å². The van der Waals surface area contributed by atoms with Crippen molar-refractivity contribution >= 4 is 17.6 Å². The summed E-state index contributed by atoms with van der Waals surface area (Å²) in [6.07, 6.45) is 1.71. The first kappa shape index (κ1) is 16.9. The lowest BCUT2D eigenvalue weighted by Crippen LogP contribution is -1.98. The molecule has 92 valence electrons. The topological polar surface area (TPSA) is 64.4 Å². The van der Waals surface area contributed by atoms with Crippen molar-refractivity contribution in [2.75, 3.05) is 18.5 Å². The number of nitrogens with zero attached hydrogens (tertiary/aromatic N) is 1. The van der Waals surface area contributed by atoms with Crippen molar-refractivity contribution in [3.05, 3.63) is 23.3 Å². The number of nitrogens with two attached hydrogens (primary N) is 2. The molecule has 0 saturated heterocycles. The minimum atomic E-state index is 0.719. The van der Waals surface area contributed by atoms with E-state index in [0.717, 1.165) is 22.5 Å². The molecule has 1 rings (SSSR count). The molecule has 0 unspecified atom stereocenters. The quantitative estimate of drug-likeness (QED) is 0.567. The number of nitrogen functional groups attached to an aromatic ring is 2. The third-order valence-electron chi connectivity index (χ3n) is 1.71. The lowest BCUT2D eigenvalue weighted by Gasteiger charge is -2.05. The van der Waals surface area contributed by atoms with Gasteiger partial charge in [0.15, 0.2) is 0 Å². The van der Waals surface area contributed by atoms with Gasteiger partial charge in [-0.1, -0.05) is 27.7 Å². The Morgan fingerprint density at radius 2 is 1.56 bits per heavy atom. The molecule has 0 heterocycles. The minimum Gasteiger partial charge on any atom is -0.399 e. The van der Waals surface area contributed by atoms with Crippen LogP contribution >= 0.6 is 0 Å². The van der Waals surface area contributed by atoms with Gasteiger partial charge in [-0.15, -0.1) is 0 Å². The van der Waals surface area contributed by atoms with Gasteiger partial charge >= 0.3 is 0 Å². The highest BCUT2D eigenvalue weighted by molar-refractivity contribution is 5.89. The van der Waals surface area contributed by atoms with Crippen molar-refractivity contribution in [3.63, 3.8) is 0 Å². The van der Waals surface area contributed by atoms with Crippen molar-refractivity contribution in [2.24, 2.45) is 4.99 Å². The average Bonchev–Trinajstić information content (AvgIpc) is 2.31. The van der Waals surface area contributed by atoms with Gasteiger partial charge in [-0.25, -0.2) is 0 Å². The highest BCUT2D eigenvalue weighted by Gasteiger charge is 2.00. The number of anilines is 2. The van der Waals surface area contributed by atoms with Crippen LogP contribution in [0.1, 0.15) is 38.8 Å². The molecule has 4 N–H and O–H groups in total. The molecule has 0 aliphatic carbocycles. The van der Waals surface area contributed by atoms with Crippen LogP contribution in [0.15, 0.2) is 17.1 Å². The maximum absolute atomic E-state index is 5.79. The Balaban J connectivity index is 0. The molecular weight excluding hydrogens is 198 g/mol. The summed E-state index contributed by atoms with van der Waals surface area (Å²) in [7, 11) is 1.71. The highest BCUT2D eigenvalue weighted by atomic mass is 14.7. The minimum absolute atomic E-state index is 0.719. The fourth-order valence-electron chi connectivity index (χ4n) is 1.10. The van der Waals surface area contributed by atoms with E-state index in [1.54, 1.807) is 13.3 Å². The van der Waals surface area contributed by atoms with Crippen molar-refractivity contribution in [1.82, 2.24) is 0 Å². The van der Waals surface area contributed by atoms with Crippen molar-refractivity contribution < 1.29 is 0 Å². The Hall–Kier alpha value is -1.51. The van der Waals surface area contributed by atoms with E-state index in [1.165, 1.54) is 0 Å². The van der Waals surface area contributed by atoms with Gasteiger partial charge in [-0.2, -0.15) is 0 Å². The van der Waals surface area contributed by atoms with E-state index in [9.17, 15) is 0 Å². The third-order valence-corrected chi connectivity index (χ3v) is 1.71. The molecule has 1 aromatic carbocycles. The van der Waals surface area contributed by atoms with Crippen molar-refractivity contribution in [1.29, 1.82) is 0 Å². The molecule has 0 bridgehead atoms. The van der Waals surface area contributed by atoms with Crippen LogP contribution in [0, 0.1) is 6.92 Å². The summed E-state index contributed by atoms with van der Waals surface area (Å²) in [5.74, 6) is 0. The monoisotopic (exact) mass is 223 g/mol. The lowest BCUT2D eigenvalue weighted by molar-refractivity contribution is 1.43. The smallest absolute Gasteiger partial charge is 0.0434 e. The molecule has 3 nitrogen and oxygen atoms in total. The molecule has 0 aliphatic rings. The number of aliphatic imine (C=N–C) groups is 1. The van der Waals surface area contributed by atoms with E-state index in [-0.39, 0.29) is 0 Å². The van der Waals surface area contributed by atoms with Gasteiger partial charge in [0.25, 0.3) is 0 Å². The molecule has 0 radical (unpaired) electrons. The number of aryl methyl sites for hydroxylation is 1. The summed E-state index contributed by atoms with van der Waals surface area (Å²) < 4.78 is 0. The average molecular weight is 223 g/mol. The van der Waals surface area contributed by atoms with Crippen LogP contribution in [0.5, 0.6) is 0 Å². The Bertz CT molecular complexity index is 317. The van der Waals surface area contributed by atoms with E-state index >= 15 is 0 Å². The summed E-state index contributed by atoms with van der Waals surface area (Å²) >= 11 is 0. The van der Waals surface area contributed by atoms with E-state index in [1.807, 2.05) is 46.8 Å². The summed E-state index contributed by atoms with van der Waals surface area (Å²) in [5, 5.41) is 0. The number of rotatable bonds is 1.